The Balaban J connectivity index is 2.76. The molecule has 1 aliphatic rings. The van der Waals surface area contributed by atoms with Crippen molar-refractivity contribution in [1.29, 1.82) is 0 Å². The summed E-state index contributed by atoms with van der Waals surface area (Å²) in [5.74, 6) is 0. The second-order valence-corrected chi connectivity index (χ2v) is 4.77. The molecule has 0 aromatic heterocycles. The third-order valence-electron chi connectivity index (χ3n) is 2.22. The van der Waals surface area contributed by atoms with Crippen molar-refractivity contribution in [2.24, 2.45) is 0 Å². The lowest BCUT2D eigenvalue weighted by Crippen LogP contribution is -2.62. The van der Waals surface area contributed by atoms with E-state index in [1.54, 1.807) is 5.09 Å². The highest BCUT2D eigenvalue weighted by Crippen LogP contribution is 2.32. The Bertz CT molecular complexity index is 282. The van der Waals surface area contributed by atoms with Crippen LogP contribution in [0.25, 0.3) is 0 Å². The zero-order valence-corrected chi connectivity index (χ0v) is 8.94. The van der Waals surface area contributed by atoms with Gasteiger partial charge in [-0.3, -0.25) is 0 Å². The van der Waals surface area contributed by atoms with Crippen LogP contribution in [0.2, 0.25) is 0 Å². The summed E-state index contributed by atoms with van der Waals surface area (Å²) >= 11 is 0. The fraction of sp³-hybridized carbons (Fsp3) is 1.00. The Morgan fingerprint density at radius 1 is 1.19 bits per heavy atom. The summed E-state index contributed by atoms with van der Waals surface area (Å²) in [6, 6.07) is -1.54. The minimum atomic E-state index is -4.69. The summed E-state index contributed by atoms with van der Waals surface area (Å²) in [7, 11) is -4.69. The fourth-order valence-electron chi connectivity index (χ4n) is 1.43. The molecule has 16 heavy (non-hydrogen) atoms. The zero-order valence-electron chi connectivity index (χ0n) is 8.04. The van der Waals surface area contributed by atoms with Gasteiger partial charge in [-0.15, -0.1) is 0 Å². The van der Waals surface area contributed by atoms with Crippen molar-refractivity contribution >= 4 is 7.75 Å². The van der Waals surface area contributed by atoms with Crippen LogP contribution in [0.1, 0.15) is 0 Å². The van der Waals surface area contributed by atoms with E-state index in [0.717, 1.165) is 0 Å². The minimum Gasteiger partial charge on any atom is -0.394 e. The second kappa shape index (κ2) is 5.05. The zero-order chi connectivity index (χ0) is 12.5. The van der Waals surface area contributed by atoms with Crippen LogP contribution in [0.3, 0.4) is 0 Å². The topological polar surface area (TPSA) is 160 Å². The number of hydrogen-bond donors (Lipinski definition) is 7. The quantitative estimate of drug-likeness (QED) is 0.255. The van der Waals surface area contributed by atoms with Crippen molar-refractivity contribution in [2.75, 3.05) is 6.61 Å². The van der Waals surface area contributed by atoms with Gasteiger partial charge in [0.15, 0.2) is 6.29 Å². The predicted molar refractivity (Wildman–Crippen MR) is 48.9 cm³/mol. The molecule has 0 aliphatic carbocycles. The molecule has 0 amide bonds. The van der Waals surface area contributed by atoms with Crippen molar-refractivity contribution < 1.29 is 39.5 Å². The van der Waals surface area contributed by atoms with Gasteiger partial charge in [-0.1, -0.05) is 0 Å². The molecule has 1 heterocycles. The third kappa shape index (κ3) is 3.20. The molecule has 0 aromatic rings. The Morgan fingerprint density at radius 3 is 2.19 bits per heavy atom. The molecule has 10 heteroatoms. The van der Waals surface area contributed by atoms with Gasteiger partial charge >= 0.3 is 7.75 Å². The number of hydrogen-bond acceptors (Lipinski definition) is 6. The molecular weight excluding hydrogens is 245 g/mol. The largest absolute Gasteiger partial charge is 0.400 e. The first-order chi connectivity index (χ1) is 7.26. The third-order valence-corrected chi connectivity index (χ3v) is 2.85. The first-order valence-electron chi connectivity index (χ1n) is 4.40. The van der Waals surface area contributed by atoms with E-state index in [-0.39, 0.29) is 0 Å². The summed E-state index contributed by atoms with van der Waals surface area (Å²) in [6.45, 7) is -0.641. The Morgan fingerprint density at radius 2 is 1.75 bits per heavy atom. The molecule has 7 N–H and O–H groups in total. The minimum absolute atomic E-state index is 0.641. The van der Waals surface area contributed by atoms with E-state index >= 15 is 0 Å². The van der Waals surface area contributed by atoms with Crippen LogP contribution >= 0.6 is 7.75 Å². The standard InChI is InChI=1S/C6H14NO8P/c8-1-2-4(9)5(10)3(6(11)15-2)7-16(12,13)14/h2-6,8-11H,1H2,(H3,7,12,13,14)/t2-,3-,4-,5-,6+/m1/s1. The lowest BCUT2D eigenvalue weighted by Gasteiger charge is -2.40. The molecule has 1 aliphatic heterocycles. The fourth-order valence-corrected chi connectivity index (χ4v) is 2.10. The van der Waals surface area contributed by atoms with Gasteiger partial charge in [0.25, 0.3) is 0 Å². The van der Waals surface area contributed by atoms with Gasteiger partial charge in [-0.25, -0.2) is 9.65 Å². The normalized spacial score (nSPS) is 41.0. The van der Waals surface area contributed by atoms with Gasteiger partial charge in [0.2, 0.25) is 0 Å². The average molecular weight is 259 g/mol. The molecule has 0 bridgehead atoms. The van der Waals surface area contributed by atoms with E-state index in [9.17, 15) is 19.9 Å². The van der Waals surface area contributed by atoms with E-state index in [4.69, 9.17) is 14.9 Å². The van der Waals surface area contributed by atoms with E-state index in [1.165, 1.54) is 0 Å². The first-order valence-corrected chi connectivity index (χ1v) is 6.01. The Kier molecular flexibility index (Phi) is 4.41. The van der Waals surface area contributed by atoms with Crippen molar-refractivity contribution in [3.8, 4) is 0 Å². The molecule has 0 aromatic carbocycles. The van der Waals surface area contributed by atoms with E-state index in [1.807, 2.05) is 0 Å². The molecular formula is C6H14NO8P. The molecule has 1 fully saturated rings. The molecule has 0 radical (unpaired) electrons. The predicted octanol–water partition coefficient (Wildman–Crippen LogP) is -3.53. The average Bonchev–Trinajstić information content (AvgIpc) is 2.17. The Labute approximate surface area is 90.5 Å². The molecule has 1 rings (SSSR count). The van der Waals surface area contributed by atoms with Crippen molar-refractivity contribution in [1.82, 2.24) is 5.09 Å². The van der Waals surface area contributed by atoms with Crippen molar-refractivity contribution in [3.05, 3.63) is 0 Å². The molecule has 0 saturated carbocycles. The first kappa shape index (κ1) is 14.0. The van der Waals surface area contributed by atoms with Gasteiger partial charge in [0, 0.05) is 0 Å². The SMILES string of the molecule is O=P(O)(O)N[C@@H]1[C@@H](O)[C@H](O)[C@@H](CO)O[C@@H]1O. The van der Waals surface area contributed by atoms with Crippen LogP contribution in [0, 0.1) is 0 Å². The van der Waals surface area contributed by atoms with Gasteiger partial charge < -0.3 is 34.9 Å². The summed E-state index contributed by atoms with van der Waals surface area (Å²) in [5.41, 5.74) is 0. The lowest BCUT2D eigenvalue weighted by molar-refractivity contribution is -0.252. The number of rotatable bonds is 3. The van der Waals surface area contributed by atoms with E-state index in [2.05, 4.69) is 4.74 Å². The maximum Gasteiger partial charge on any atom is 0.400 e. The number of ether oxygens (including phenoxy) is 1. The summed E-state index contributed by atoms with van der Waals surface area (Å²) in [5, 5.41) is 38.5. The number of aliphatic hydroxyl groups excluding tert-OH is 4. The van der Waals surface area contributed by atoms with Crippen LogP contribution in [-0.2, 0) is 9.30 Å². The van der Waals surface area contributed by atoms with Crippen LogP contribution < -0.4 is 5.09 Å². The van der Waals surface area contributed by atoms with Crippen LogP contribution in [0.15, 0.2) is 0 Å². The lowest BCUT2D eigenvalue weighted by atomic mass is 9.98. The number of aliphatic hydroxyl groups is 4. The molecule has 1 saturated heterocycles. The van der Waals surface area contributed by atoms with Crippen LogP contribution in [0.4, 0.5) is 0 Å². The van der Waals surface area contributed by atoms with Gasteiger partial charge in [-0.2, -0.15) is 0 Å². The van der Waals surface area contributed by atoms with Crippen molar-refractivity contribution in [3.63, 3.8) is 0 Å². The highest BCUT2D eigenvalue weighted by Gasteiger charge is 2.45. The van der Waals surface area contributed by atoms with E-state index in [0.29, 0.717) is 0 Å². The monoisotopic (exact) mass is 259 g/mol. The molecule has 5 atom stereocenters. The molecule has 0 spiro atoms. The maximum atomic E-state index is 10.6. The second-order valence-electron chi connectivity index (χ2n) is 3.43. The summed E-state index contributed by atoms with van der Waals surface area (Å²) in [4.78, 5) is 17.2. The smallest absolute Gasteiger partial charge is 0.394 e. The molecule has 0 unspecified atom stereocenters. The summed E-state index contributed by atoms with van der Waals surface area (Å²) < 4.78 is 15.3. The van der Waals surface area contributed by atoms with E-state index < -0.39 is 45.0 Å². The molecule has 9 nitrogen and oxygen atoms in total. The van der Waals surface area contributed by atoms with Crippen molar-refractivity contribution in [2.45, 2.75) is 30.6 Å². The highest BCUT2D eigenvalue weighted by atomic mass is 31.2. The van der Waals surface area contributed by atoms with Gasteiger partial charge in [0.05, 0.1) is 12.6 Å². The summed E-state index contributed by atoms with van der Waals surface area (Å²) in [6.07, 6.45) is -6.19. The number of nitrogens with one attached hydrogen (secondary N) is 1. The van der Waals surface area contributed by atoms with Gasteiger partial charge in [-0.05, 0) is 0 Å². The van der Waals surface area contributed by atoms with Crippen LogP contribution in [-0.4, -0.2) is 67.5 Å². The highest BCUT2D eigenvalue weighted by molar-refractivity contribution is 7.49. The maximum absolute atomic E-state index is 10.6. The van der Waals surface area contributed by atoms with Crippen LogP contribution in [0.5, 0.6) is 0 Å². The van der Waals surface area contributed by atoms with Gasteiger partial charge in [0.1, 0.15) is 18.3 Å². The molecule has 96 valence electrons. The Hall–Kier alpha value is -0.0900.